The van der Waals surface area contributed by atoms with E-state index in [1.165, 1.54) is 19.2 Å². The van der Waals surface area contributed by atoms with E-state index in [2.05, 4.69) is 0 Å². The molecule has 156 valence electrons. The van der Waals surface area contributed by atoms with Gasteiger partial charge in [0, 0.05) is 12.6 Å². The number of halogens is 1. The quantitative estimate of drug-likeness (QED) is 0.565. The molecule has 0 unspecified atom stereocenters. The van der Waals surface area contributed by atoms with Gasteiger partial charge in [-0.3, -0.25) is 4.79 Å². The van der Waals surface area contributed by atoms with E-state index in [1.807, 2.05) is 51.1 Å². The second-order valence-corrected chi connectivity index (χ2v) is 7.01. The summed E-state index contributed by atoms with van der Waals surface area (Å²) >= 11 is 6.19. The van der Waals surface area contributed by atoms with Crippen molar-refractivity contribution in [3.63, 3.8) is 0 Å². The number of benzene rings is 2. The number of carbonyl (C=O) groups is 2. The molecular weight excluding hydrogens is 394 g/mol. The number of carbonyl (C=O) groups excluding carboxylic acids is 2. The van der Waals surface area contributed by atoms with Crippen molar-refractivity contribution in [2.24, 2.45) is 0 Å². The SMILES string of the molecule is CCOc1c(Cl)cc(C(=O)OCC(=O)N(Cc2ccccc2)C(C)C)cc1OC. The van der Waals surface area contributed by atoms with Crippen molar-refractivity contribution in [1.82, 2.24) is 4.90 Å². The maximum atomic E-state index is 12.6. The summed E-state index contributed by atoms with van der Waals surface area (Å²) < 4.78 is 15.9. The number of amides is 1. The lowest BCUT2D eigenvalue weighted by Crippen LogP contribution is -2.39. The van der Waals surface area contributed by atoms with Crippen LogP contribution in [0.2, 0.25) is 5.02 Å². The first kappa shape index (κ1) is 22.6. The lowest BCUT2D eigenvalue weighted by atomic mass is 10.2. The Hall–Kier alpha value is -2.73. The molecule has 0 aliphatic heterocycles. The zero-order chi connectivity index (χ0) is 21.4. The van der Waals surface area contributed by atoms with Crippen molar-refractivity contribution in [2.45, 2.75) is 33.4 Å². The summed E-state index contributed by atoms with van der Waals surface area (Å²) in [5.74, 6) is -0.255. The number of hydrogen-bond acceptors (Lipinski definition) is 5. The van der Waals surface area contributed by atoms with Gasteiger partial charge in [-0.2, -0.15) is 0 Å². The van der Waals surface area contributed by atoms with Gasteiger partial charge in [-0.05, 0) is 38.5 Å². The third-order valence-corrected chi connectivity index (χ3v) is 4.50. The Kier molecular flexibility index (Phi) is 8.34. The molecule has 0 atom stereocenters. The fourth-order valence-electron chi connectivity index (χ4n) is 2.75. The van der Waals surface area contributed by atoms with E-state index in [0.29, 0.717) is 24.7 Å². The van der Waals surface area contributed by atoms with Crippen LogP contribution >= 0.6 is 11.6 Å². The van der Waals surface area contributed by atoms with Gasteiger partial charge in [-0.1, -0.05) is 41.9 Å². The van der Waals surface area contributed by atoms with Gasteiger partial charge in [0.2, 0.25) is 0 Å². The maximum Gasteiger partial charge on any atom is 0.338 e. The van der Waals surface area contributed by atoms with Gasteiger partial charge in [0.1, 0.15) is 0 Å². The summed E-state index contributed by atoms with van der Waals surface area (Å²) in [4.78, 5) is 26.7. The molecule has 0 spiro atoms. The molecule has 29 heavy (non-hydrogen) atoms. The van der Waals surface area contributed by atoms with Crippen LogP contribution in [0.5, 0.6) is 11.5 Å². The van der Waals surface area contributed by atoms with Crippen LogP contribution in [-0.2, 0) is 16.1 Å². The normalized spacial score (nSPS) is 10.6. The number of nitrogens with zero attached hydrogens (tertiary/aromatic N) is 1. The zero-order valence-corrected chi connectivity index (χ0v) is 17.9. The van der Waals surface area contributed by atoms with Gasteiger partial charge in [0.25, 0.3) is 5.91 Å². The molecule has 2 rings (SSSR count). The van der Waals surface area contributed by atoms with Crippen molar-refractivity contribution >= 4 is 23.5 Å². The van der Waals surface area contributed by atoms with E-state index in [4.69, 9.17) is 25.8 Å². The minimum absolute atomic E-state index is 0.0403. The molecule has 0 aliphatic carbocycles. The Labute approximate surface area is 176 Å². The van der Waals surface area contributed by atoms with Gasteiger partial charge in [-0.25, -0.2) is 4.79 Å². The maximum absolute atomic E-state index is 12.6. The first-order chi connectivity index (χ1) is 13.9. The lowest BCUT2D eigenvalue weighted by molar-refractivity contribution is -0.136. The van der Waals surface area contributed by atoms with E-state index < -0.39 is 5.97 Å². The van der Waals surface area contributed by atoms with Crippen molar-refractivity contribution in [2.75, 3.05) is 20.3 Å². The van der Waals surface area contributed by atoms with Gasteiger partial charge in [0.05, 0.1) is 24.3 Å². The highest BCUT2D eigenvalue weighted by molar-refractivity contribution is 6.32. The largest absolute Gasteiger partial charge is 0.493 e. The van der Waals surface area contributed by atoms with Crippen LogP contribution in [0.1, 0.15) is 36.7 Å². The fourth-order valence-corrected chi connectivity index (χ4v) is 3.02. The molecule has 0 radical (unpaired) electrons. The molecular formula is C22H26ClNO5. The van der Waals surface area contributed by atoms with Crippen LogP contribution in [0.3, 0.4) is 0 Å². The highest BCUT2D eigenvalue weighted by Crippen LogP contribution is 2.36. The Morgan fingerprint density at radius 2 is 1.83 bits per heavy atom. The number of hydrogen-bond donors (Lipinski definition) is 0. The monoisotopic (exact) mass is 419 g/mol. The van der Waals surface area contributed by atoms with Crippen molar-refractivity contribution < 1.29 is 23.8 Å². The lowest BCUT2D eigenvalue weighted by Gasteiger charge is -2.26. The third-order valence-electron chi connectivity index (χ3n) is 4.22. The molecule has 0 heterocycles. The van der Waals surface area contributed by atoms with E-state index in [9.17, 15) is 9.59 Å². The molecule has 0 saturated carbocycles. The van der Waals surface area contributed by atoms with Crippen LogP contribution in [-0.4, -0.2) is 43.1 Å². The molecule has 0 N–H and O–H groups in total. The Morgan fingerprint density at radius 1 is 1.14 bits per heavy atom. The van der Waals surface area contributed by atoms with Crippen LogP contribution in [0.4, 0.5) is 0 Å². The number of rotatable bonds is 9. The summed E-state index contributed by atoms with van der Waals surface area (Å²) in [7, 11) is 1.46. The standard InChI is InChI=1S/C22H26ClNO5/c1-5-28-21-18(23)11-17(12-19(21)27-4)22(26)29-14-20(25)24(15(2)3)13-16-9-7-6-8-10-16/h6-12,15H,5,13-14H2,1-4H3. The first-order valence-electron chi connectivity index (χ1n) is 9.38. The van der Waals surface area contributed by atoms with E-state index in [1.54, 1.807) is 4.90 Å². The third kappa shape index (κ3) is 6.12. The predicted octanol–water partition coefficient (Wildman–Crippen LogP) is 4.34. The summed E-state index contributed by atoms with van der Waals surface area (Å²) in [5.41, 5.74) is 1.19. The molecule has 1 amide bonds. The van der Waals surface area contributed by atoms with Crippen molar-refractivity contribution in [3.8, 4) is 11.5 Å². The van der Waals surface area contributed by atoms with Gasteiger partial charge >= 0.3 is 5.97 Å². The van der Waals surface area contributed by atoms with Crippen LogP contribution in [0.15, 0.2) is 42.5 Å². The number of ether oxygens (including phenoxy) is 3. The first-order valence-corrected chi connectivity index (χ1v) is 9.76. The van der Waals surface area contributed by atoms with E-state index >= 15 is 0 Å². The summed E-state index contributed by atoms with van der Waals surface area (Å²) in [5, 5.41) is 0.234. The molecule has 0 aliphatic rings. The fraction of sp³-hybridized carbons (Fsp3) is 0.364. The van der Waals surface area contributed by atoms with Crippen molar-refractivity contribution in [1.29, 1.82) is 0 Å². The van der Waals surface area contributed by atoms with Gasteiger partial charge < -0.3 is 19.1 Å². The smallest absolute Gasteiger partial charge is 0.338 e. The highest BCUT2D eigenvalue weighted by atomic mass is 35.5. The Bertz CT molecular complexity index is 839. The molecule has 6 nitrogen and oxygen atoms in total. The average Bonchev–Trinajstić information content (AvgIpc) is 2.71. The molecule has 2 aromatic rings. The van der Waals surface area contributed by atoms with Crippen LogP contribution < -0.4 is 9.47 Å². The average molecular weight is 420 g/mol. The van der Waals surface area contributed by atoms with Gasteiger partial charge in [-0.15, -0.1) is 0 Å². The van der Waals surface area contributed by atoms with Crippen LogP contribution in [0, 0.1) is 0 Å². The Morgan fingerprint density at radius 3 is 2.41 bits per heavy atom. The molecule has 2 aromatic carbocycles. The molecule has 0 saturated heterocycles. The molecule has 0 bridgehead atoms. The summed E-state index contributed by atoms with van der Waals surface area (Å²) in [6, 6.07) is 12.5. The van der Waals surface area contributed by atoms with E-state index in [-0.39, 0.29) is 29.1 Å². The number of esters is 1. The summed E-state index contributed by atoms with van der Waals surface area (Å²) in [6.45, 7) is 6.13. The Balaban J connectivity index is 2.06. The molecule has 0 aromatic heterocycles. The predicted molar refractivity (Wildman–Crippen MR) is 112 cm³/mol. The minimum Gasteiger partial charge on any atom is -0.493 e. The topological polar surface area (TPSA) is 65.1 Å². The summed E-state index contributed by atoms with van der Waals surface area (Å²) in [6.07, 6.45) is 0. The van der Waals surface area contributed by atoms with Gasteiger partial charge in [0.15, 0.2) is 18.1 Å². The van der Waals surface area contributed by atoms with E-state index in [0.717, 1.165) is 5.56 Å². The van der Waals surface area contributed by atoms with Crippen molar-refractivity contribution in [3.05, 3.63) is 58.6 Å². The van der Waals surface area contributed by atoms with Crippen LogP contribution in [0.25, 0.3) is 0 Å². The second kappa shape index (κ2) is 10.7. The molecule has 0 fully saturated rings. The molecule has 7 heteroatoms. The minimum atomic E-state index is -0.662. The second-order valence-electron chi connectivity index (χ2n) is 6.60. The number of methoxy groups -OCH3 is 1. The zero-order valence-electron chi connectivity index (χ0n) is 17.1. The highest BCUT2D eigenvalue weighted by Gasteiger charge is 2.21.